The predicted octanol–water partition coefficient (Wildman–Crippen LogP) is 0.266. The molecule has 1 rings (SSSR count). The van der Waals surface area contributed by atoms with Crippen LogP contribution in [0.3, 0.4) is 0 Å². The highest BCUT2D eigenvalue weighted by Gasteiger charge is 2.22. The molecular weight excluding hydrogens is 236 g/mol. The van der Waals surface area contributed by atoms with Crippen molar-refractivity contribution in [2.24, 2.45) is 5.73 Å². The molecule has 1 aliphatic rings. The van der Waals surface area contributed by atoms with E-state index in [1.165, 1.54) is 0 Å². The lowest BCUT2D eigenvalue weighted by molar-refractivity contribution is 0.241. The molecule has 0 atom stereocenters. The maximum absolute atomic E-state index is 11.3. The van der Waals surface area contributed by atoms with Crippen LogP contribution < -0.4 is 5.73 Å². The number of nitrogens with zero attached hydrogens (tertiary/aromatic N) is 1. The average Bonchev–Trinajstić information content (AvgIpc) is 2.10. The van der Waals surface area contributed by atoms with Crippen LogP contribution in [0.25, 0.3) is 0 Å². The van der Waals surface area contributed by atoms with E-state index < -0.39 is 9.84 Å². The van der Waals surface area contributed by atoms with Gasteiger partial charge in [-0.3, -0.25) is 0 Å². The van der Waals surface area contributed by atoms with Gasteiger partial charge in [0.2, 0.25) is 0 Å². The van der Waals surface area contributed by atoms with Gasteiger partial charge in [-0.25, -0.2) is 8.42 Å². The van der Waals surface area contributed by atoms with Gasteiger partial charge >= 0.3 is 0 Å². The summed E-state index contributed by atoms with van der Waals surface area (Å²) in [5.41, 5.74) is 5.65. The van der Waals surface area contributed by atoms with Crippen molar-refractivity contribution in [3.8, 4) is 0 Å². The SMILES string of the molecule is CC(C)(N)CN1CCCS(=O)(=O)CC1.Cl. The van der Waals surface area contributed by atoms with E-state index in [1.54, 1.807) is 0 Å². The summed E-state index contributed by atoms with van der Waals surface area (Å²) >= 11 is 0. The lowest BCUT2D eigenvalue weighted by Crippen LogP contribution is -2.46. The first-order chi connectivity index (χ1) is 6.29. The van der Waals surface area contributed by atoms with E-state index >= 15 is 0 Å². The molecule has 4 nitrogen and oxygen atoms in total. The Bertz CT molecular complexity index is 285. The fourth-order valence-electron chi connectivity index (χ4n) is 1.72. The van der Waals surface area contributed by atoms with Crippen molar-refractivity contribution in [2.45, 2.75) is 25.8 Å². The van der Waals surface area contributed by atoms with Crippen molar-refractivity contribution < 1.29 is 8.42 Å². The standard InChI is InChI=1S/C9H20N2O2S.ClH/c1-9(2,10)8-11-4-3-6-14(12,13)7-5-11;/h3-8,10H2,1-2H3;1H. The van der Waals surface area contributed by atoms with Crippen LogP contribution in [0.1, 0.15) is 20.3 Å². The zero-order valence-electron chi connectivity index (χ0n) is 9.40. The van der Waals surface area contributed by atoms with Crippen LogP contribution in [0.2, 0.25) is 0 Å². The quantitative estimate of drug-likeness (QED) is 0.770. The molecule has 0 bridgehead atoms. The molecule has 1 heterocycles. The van der Waals surface area contributed by atoms with E-state index in [0.29, 0.717) is 12.3 Å². The molecular formula is C9H21ClN2O2S. The predicted molar refractivity (Wildman–Crippen MR) is 65.2 cm³/mol. The highest BCUT2D eigenvalue weighted by molar-refractivity contribution is 7.91. The van der Waals surface area contributed by atoms with Gasteiger partial charge in [0.05, 0.1) is 11.5 Å². The summed E-state index contributed by atoms with van der Waals surface area (Å²) in [7, 11) is -2.79. The van der Waals surface area contributed by atoms with Crippen molar-refractivity contribution in [2.75, 3.05) is 31.1 Å². The van der Waals surface area contributed by atoms with E-state index in [2.05, 4.69) is 4.90 Å². The average molecular weight is 257 g/mol. The minimum Gasteiger partial charge on any atom is -0.324 e. The number of nitrogens with two attached hydrogens (primary N) is 1. The Morgan fingerprint density at radius 1 is 1.27 bits per heavy atom. The molecule has 0 aromatic carbocycles. The summed E-state index contributed by atoms with van der Waals surface area (Å²) in [4.78, 5) is 2.14. The molecule has 1 fully saturated rings. The molecule has 0 spiro atoms. The summed E-state index contributed by atoms with van der Waals surface area (Å²) in [6, 6.07) is 0. The highest BCUT2D eigenvalue weighted by atomic mass is 35.5. The summed E-state index contributed by atoms with van der Waals surface area (Å²) in [6.07, 6.45) is 0.735. The van der Waals surface area contributed by atoms with Crippen LogP contribution in [0.15, 0.2) is 0 Å². The molecule has 0 unspecified atom stereocenters. The van der Waals surface area contributed by atoms with Crippen LogP contribution in [0.5, 0.6) is 0 Å². The third kappa shape index (κ3) is 6.35. The van der Waals surface area contributed by atoms with Crippen molar-refractivity contribution >= 4 is 22.2 Å². The van der Waals surface area contributed by atoms with Crippen molar-refractivity contribution in [1.82, 2.24) is 4.90 Å². The highest BCUT2D eigenvalue weighted by Crippen LogP contribution is 2.08. The lowest BCUT2D eigenvalue weighted by atomic mass is 10.1. The fraction of sp³-hybridized carbons (Fsp3) is 1.00. The topological polar surface area (TPSA) is 63.4 Å². The summed E-state index contributed by atoms with van der Waals surface area (Å²) < 4.78 is 22.6. The Morgan fingerprint density at radius 3 is 2.40 bits per heavy atom. The molecule has 92 valence electrons. The number of hydrogen-bond donors (Lipinski definition) is 1. The van der Waals surface area contributed by atoms with Crippen molar-refractivity contribution in [1.29, 1.82) is 0 Å². The van der Waals surface area contributed by atoms with Crippen molar-refractivity contribution in [3.63, 3.8) is 0 Å². The molecule has 15 heavy (non-hydrogen) atoms. The molecule has 0 radical (unpaired) electrons. The largest absolute Gasteiger partial charge is 0.324 e. The van der Waals surface area contributed by atoms with Gasteiger partial charge in [0, 0.05) is 18.6 Å². The zero-order valence-corrected chi connectivity index (χ0v) is 11.0. The van der Waals surface area contributed by atoms with E-state index in [4.69, 9.17) is 5.73 Å². The Balaban J connectivity index is 0.00000196. The summed E-state index contributed by atoms with van der Waals surface area (Å²) in [5, 5.41) is 0. The van der Waals surface area contributed by atoms with Gasteiger partial charge in [-0.1, -0.05) is 0 Å². The minimum atomic E-state index is -2.79. The second-order valence-corrected chi connectivity index (χ2v) is 7.07. The van der Waals surface area contributed by atoms with Crippen LogP contribution in [-0.2, 0) is 9.84 Å². The number of halogens is 1. The molecule has 0 amide bonds. The van der Waals surface area contributed by atoms with E-state index in [1.807, 2.05) is 13.8 Å². The number of sulfone groups is 1. The molecule has 0 aromatic heterocycles. The summed E-state index contributed by atoms with van der Waals surface area (Å²) in [5.74, 6) is 0.609. The fourth-order valence-corrected chi connectivity index (χ4v) is 3.03. The Hall–Kier alpha value is 0.160. The molecule has 0 aromatic rings. The van der Waals surface area contributed by atoms with Gasteiger partial charge < -0.3 is 10.6 Å². The monoisotopic (exact) mass is 256 g/mol. The van der Waals surface area contributed by atoms with Gasteiger partial charge in [-0.15, -0.1) is 12.4 Å². The smallest absolute Gasteiger partial charge is 0.151 e. The number of hydrogen-bond acceptors (Lipinski definition) is 4. The maximum Gasteiger partial charge on any atom is 0.151 e. The van der Waals surface area contributed by atoms with Crippen LogP contribution >= 0.6 is 12.4 Å². The van der Waals surface area contributed by atoms with Gasteiger partial charge in [0.15, 0.2) is 9.84 Å². The second-order valence-electron chi connectivity index (χ2n) is 4.77. The zero-order chi connectivity index (χ0) is 10.8. The van der Waals surface area contributed by atoms with Crippen molar-refractivity contribution in [3.05, 3.63) is 0 Å². The van der Waals surface area contributed by atoms with Gasteiger partial charge in [-0.2, -0.15) is 0 Å². The van der Waals surface area contributed by atoms with Crippen LogP contribution in [0.4, 0.5) is 0 Å². The molecule has 1 aliphatic heterocycles. The van der Waals surface area contributed by atoms with E-state index in [9.17, 15) is 8.42 Å². The third-order valence-corrected chi connectivity index (χ3v) is 3.99. The Morgan fingerprint density at radius 2 is 1.87 bits per heavy atom. The Labute approximate surface area is 98.5 Å². The summed E-state index contributed by atoms with van der Waals surface area (Å²) in [6.45, 7) is 6.17. The second kappa shape index (κ2) is 5.48. The number of rotatable bonds is 2. The normalized spacial score (nSPS) is 22.9. The first-order valence-corrected chi connectivity index (χ1v) is 6.82. The van der Waals surface area contributed by atoms with E-state index in [0.717, 1.165) is 19.5 Å². The van der Waals surface area contributed by atoms with Crippen LogP contribution in [0, 0.1) is 0 Å². The molecule has 0 saturated carbocycles. The lowest BCUT2D eigenvalue weighted by Gasteiger charge is -2.28. The van der Waals surface area contributed by atoms with Gasteiger partial charge in [0.25, 0.3) is 0 Å². The minimum absolute atomic E-state index is 0. The first kappa shape index (κ1) is 15.2. The molecule has 1 saturated heterocycles. The van der Waals surface area contributed by atoms with Gasteiger partial charge in [0.1, 0.15) is 0 Å². The Kier molecular flexibility index (Phi) is 5.54. The maximum atomic E-state index is 11.3. The molecule has 0 aliphatic carbocycles. The van der Waals surface area contributed by atoms with Crippen LogP contribution in [-0.4, -0.2) is 50.0 Å². The molecule has 2 N–H and O–H groups in total. The first-order valence-electron chi connectivity index (χ1n) is 5.00. The van der Waals surface area contributed by atoms with Gasteiger partial charge in [-0.05, 0) is 26.8 Å². The molecule has 6 heteroatoms. The third-order valence-electron chi connectivity index (χ3n) is 2.28. The van der Waals surface area contributed by atoms with E-state index in [-0.39, 0.29) is 23.7 Å².